The van der Waals surface area contributed by atoms with E-state index in [2.05, 4.69) is 60.4 Å². The first kappa shape index (κ1) is 15.7. The molecule has 0 fully saturated rings. The van der Waals surface area contributed by atoms with Crippen LogP contribution < -0.4 is 5.32 Å². The van der Waals surface area contributed by atoms with Crippen LogP contribution >= 0.6 is 0 Å². The molecule has 0 unspecified atom stereocenters. The molecule has 2 aromatic rings. The van der Waals surface area contributed by atoms with E-state index >= 15 is 0 Å². The molecular weight excluding hydrogens is 262 g/mol. The van der Waals surface area contributed by atoms with Crippen molar-refractivity contribution in [3.05, 3.63) is 53.4 Å². The zero-order chi connectivity index (χ0) is 15.1. The average Bonchev–Trinajstić information content (AvgIpc) is 2.93. The molecule has 0 amide bonds. The molecule has 1 N–H and O–H groups in total. The van der Waals surface area contributed by atoms with Crippen LogP contribution in [0.25, 0.3) is 0 Å². The number of nitrogens with one attached hydrogen (secondary N) is 1. The Morgan fingerprint density at radius 1 is 1.19 bits per heavy atom. The van der Waals surface area contributed by atoms with Crippen LogP contribution in [0.15, 0.2) is 40.9 Å². The van der Waals surface area contributed by atoms with Crippen molar-refractivity contribution >= 4 is 0 Å². The summed E-state index contributed by atoms with van der Waals surface area (Å²) in [5.74, 6) is 0.924. The van der Waals surface area contributed by atoms with Crippen molar-refractivity contribution in [1.29, 1.82) is 0 Å². The van der Waals surface area contributed by atoms with Gasteiger partial charge < -0.3 is 9.84 Å². The summed E-state index contributed by atoms with van der Waals surface area (Å²) >= 11 is 0. The van der Waals surface area contributed by atoms with E-state index in [4.69, 9.17) is 4.52 Å². The summed E-state index contributed by atoms with van der Waals surface area (Å²) in [6.07, 6.45) is 0. The van der Waals surface area contributed by atoms with E-state index in [-0.39, 0.29) is 0 Å². The summed E-state index contributed by atoms with van der Waals surface area (Å²) in [4.78, 5) is 2.34. The third-order valence-corrected chi connectivity index (χ3v) is 3.37. The highest BCUT2D eigenvalue weighted by molar-refractivity contribution is 5.14. The predicted molar refractivity (Wildman–Crippen MR) is 84.7 cm³/mol. The zero-order valence-corrected chi connectivity index (χ0v) is 13.2. The molecular formula is C17H25N3O. The maximum Gasteiger partial charge on any atom is 0.151 e. The molecule has 1 aromatic carbocycles. The van der Waals surface area contributed by atoms with E-state index in [1.54, 1.807) is 0 Å². The first-order chi connectivity index (χ1) is 10.2. The Morgan fingerprint density at radius 2 is 1.95 bits per heavy atom. The second-order valence-electron chi connectivity index (χ2n) is 5.61. The first-order valence-corrected chi connectivity index (χ1v) is 7.61. The Bertz CT molecular complexity index is 522. The molecule has 0 aliphatic carbocycles. The van der Waals surface area contributed by atoms with Crippen molar-refractivity contribution in [3.8, 4) is 0 Å². The Balaban J connectivity index is 1.89. The molecule has 114 valence electrons. The van der Waals surface area contributed by atoms with E-state index < -0.39 is 0 Å². The Labute approximate surface area is 127 Å². The fourth-order valence-electron chi connectivity index (χ4n) is 2.16. The SMILES string of the molecule is CCN(Cc1ccccc1)Cc1cc(CNC(C)C)no1. The minimum Gasteiger partial charge on any atom is -0.360 e. The lowest BCUT2D eigenvalue weighted by Crippen LogP contribution is -2.22. The number of rotatable bonds is 8. The smallest absolute Gasteiger partial charge is 0.151 e. The normalized spacial score (nSPS) is 11.5. The fourth-order valence-corrected chi connectivity index (χ4v) is 2.16. The van der Waals surface area contributed by atoms with Gasteiger partial charge in [-0.15, -0.1) is 0 Å². The summed E-state index contributed by atoms with van der Waals surface area (Å²) in [7, 11) is 0. The Hall–Kier alpha value is -1.65. The highest BCUT2D eigenvalue weighted by Crippen LogP contribution is 2.11. The maximum absolute atomic E-state index is 5.44. The highest BCUT2D eigenvalue weighted by Gasteiger charge is 2.10. The predicted octanol–water partition coefficient (Wildman–Crippen LogP) is 3.19. The van der Waals surface area contributed by atoms with E-state index in [0.717, 1.165) is 37.6 Å². The van der Waals surface area contributed by atoms with Gasteiger partial charge >= 0.3 is 0 Å². The summed E-state index contributed by atoms with van der Waals surface area (Å²) in [5, 5.41) is 7.46. The molecule has 1 heterocycles. The molecule has 0 radical (unpaired) electrons. The van der Waals surface area contributed by atoms with E-state index in [0.29, 0.717) is 6.04 Å². The minimum atomic E-state index is 0.454. The van der Waals surface area contributed by atoms with Crippen LogP contribution in [0.4, 0.5) is 0 Å². The van der Waals surface area contributed by atoms with E-state index in [1.807, 2.05) is 12.1 Å². The van der Waals surface area contributed by atoms with Crippen molar-refractivity contribution in [2.45, 2.75) is 46.4 Å². The molecule has 4 heteroatoms. The van der Waals surface area contributed by atoms with Crippen LogP contribution in [0.3, 0.4) is 0 Å². The summed E-state index contributed by atoms with van der Waals surface area (Å²) in [6, 6.07) is 13.0. The van der Waals surface area contributed by atoms with Gasteiger partial charge in [0.1, 0.15) is 0 Å². The van der Waals surface area contributed by atoms with Crippen molar-refractivity contribution < 1.29 is 4.52 Å². The topological polar surface area (TPSA) is 41.3 Å². The monoisotopic (exact) mass is 287 g/mol. The molecule has 0 aliphatic rings. The van der Waals surface area contributed by atoms with Crippen molar-refractivity contribution in [3.63, 3.8) is 0 Å². The van der Waals surface area contributed by atoms with Crippen molar-refractivity contribution in [2.24, 2.45) is 0 Å². The molecule has 1 aromatic heterocycles. The van der Waals surface area contributed by atoms with Gasteiger partial charge in [-0.05, 0) is 12.1 Å². The van der Waals surface area contributed by atoms with Crippen LogP contribution in [0.2, 0.25) is 0 Å². The standard InChI is InChI=1S/C17H25N3O/c1-4-20(12-15-8-6-5-7-9-15)13-17-10-16(19-21-17)11-18-14(2)3/h5-10,14,18H,4,11-13H2,1-3H3. The van der Waals surface area contributed by atoms with E-state index in [9.17, 15) is 0 Å². The third-order valence-electron chi connectivity index (χ3n) is 3.37. The zero-order valence-electron chi connectivity index (χ0n) is 13.2. The van der Waals surface area contributed by atoms with Gasteiger partial charge in [0.15, 0.2) is 5.76 Å². The van der Waals surface area contributed by atoms with Crippen LogP contribution in [0.1, 0.15) is 37.8 Å². The summed E-state index contributed by atoms with van der Waals surface area (Å²) in [5.41, 5.74) is 2.29. The molecule has 0 bridgehead atoms. The number of hydrogen-bond acceptors (Lipinski definition) is 4. The average molecular weight is 287 g/mol. The quantitative estimate of drug-likeness (QED) is 0.809. The van der Waals surface area contributed by atoms with Gasteiger partial charge in [0.2, 0.25) is 0 Å². The van der Waals surface area contributed by atoms with Gasteiger partial charge in [-0.1, -0.05) is 56.3 Å². The molecule has 4 nitrogen and oxygen atoms in total. The Morgan fingerprint density at radius 3 is 2.62 bits per heavy atom. The first-order valence-electron chi connectivity index (χ1n) is 7.61. The minimum absolute atomic E-state index is 0.454. The molecule has 21 heavy (non-hydrogen) atoms. The van der Waals surface area contributed by atoms with Crippen LogP contribution in [-0.4, -0.2) is 22.6 Å². The van der Waals surface area contributed by atoms with E-state index in [1.165, 1.54) is 5.56 Å². The van der Waals surface area contributed by atoms with Crippen LogP contribution in [0, 0.1) is 0 Å². The summed E-state index contributed by atoms with van der Waals surface area (Å²) < 4.78 is 5.44. The number of benzene rings is 1. The van der Waals surface area contributed by atoms with Crippen LogP contribution in [-0.2, 0) is 19.6 Å². The molecule has 0 spiro atoms. The number of nitrogens with zero attached hydrogens (tertiary/aromatic N) is 2. The van der Waals surface area contributed by atoms with Gasteiger partial charge in [0.05, 0.1) is 12.2 Å². The molecule has 0 atom stereocenters. The largest absolute Gasteiger partial charge is 0.360 e. The van der Waals surface area contributed by atoms with Crippen molar-refractivity contribution in [2.75, 3.05) is 6.54 Å². The molecule has 0 saturated heterocycles. The van der Waals surface area contributed by atoms with Gasteiger partial charge in [-0.3, -0.25) is 4.90 Å². The molecule has 0 saturated carbocycles. The lowest BCUT2D eigenvalue weighted by molar-refractivity contribution is 0.233. The Kier molecular flexibility index (Phi) is 5.96. The maximum atomic E-state index is 5.44. The second-order valence-corrected chi connectivity index (χ2v) is 5.61. The van der Waals surface area contributed by atoms with Gasteiger partial charge in [0.25, 0.3) is 0 Å². The lowest BCUT2D eigenvalue weighted by Gasteiger charge is -2.18. The van der Waals surface area contributed by atoms with Crippen molar-refractivity contribution in [1.82, 2.24) is 15.4 Å². The van der Waals surface area contributed by atoms with Gasteiger partial charge in [-0.25, -0.2) is 0 Å². The van der Waals surface area contributed by atoms with Gasteiger partial charge in [-0.2, -0.15) is 0 Å². The molecule has 0 aliphatic heterocycles. The third kappa shape index (κ3) is 5.33. The summed E-state index contributed by atoms with van der Waals surface area (Å²) in [6.45, 7) is 9.87. The number of aromatic nitrogens is 1. The van der Waals surface area contributed by atoms with Gasteiger partial charge in [0, 0.05) is 25.2 Å². The highest BCUT2D eigenvalue weighted by atomic mass is 16.5. The number of hydrogen-bond donors (Lipinski definition) is 1. The lowest BCUT2D eigenvalue weighted by atomic mass is 10.2. The molecule has 2 rings (SSSR count). The van der Waals surface area contributed by atoms with Crippen LogP contribution in [0.5, 0.6) is 0 Å². The second kappa shape index (κ2) is 7.96. The fraction of sp³-hybridized carbons (Fsp3) is 0.471.